The summed E-state index contributed by atoms with van der Waals surface area (Å²) in [7, 11) is 0. The maximum atomic E-state index is 12.2. The molecule has 0 unspecified atom stereocenters. The SMILES string of the molecule is NC(=O)c1cccc(NC(=O)c2ccc(Br)cc2Br)c1. The van der Waals surface area contributed by atoms with Crippen LogP contribution in [0.3, 0.4) is 0 Å². The van der Waals surface area contributed by atoms with Crippen LogP contribution in [0.15, 0.2) is 51.4 Å². The zero-order valence-corrected chi connectivity index (χ0v) is 13.4. The summed E-state index contributed by atoms with van der Waals surface area (Å²) in [5.74, 6) is -0.808. The number of amides is 2. The number of nitrogens with one attached hydrogen (secondary N) is 1. The van der Waals surface area contributed by atoms with Crippen molar-refractivity contribution in [3.63, 3.8) is 0 Å². The van der Waals surface area contributed by atoms with Crippen LogP contribution in [0.5, 0.6) is 0 Å². The molecule has 0 spiro atoms. The lowest BCUT2D eigenvalue weighted by Crippen LogP contribution is -2.14. The number of carbonyl (C=O) groups excluding carboxylic acids is 2. The second-order valence-corrected chi connectivity index (χ2v) is 5.79. The fourth-order valence-electron chi connectivity index (χ4n) is 1.62. The molecule has 0 aliphatic heterocycles. The van der Waals surface area contributed by atoms with Crippen LogP contribution in [0.2, 0.25) is 0 Å². The summed E-state index contributed by atoms with van der Waals surface area (Å²) >= 11 is 6.66. The highest BCUT2D eigenvalue weighted by Crippen LogP contribution is 2.23. The van der Waals surface area contributed by atoms with Crippen LogP contribution in [0.25, 0.3) is 0 Å². The first-order valence-corrected chi connectivity index (χ1v) is 7.22. The number of halogens is 2. The molecule has 2 aromatic rings. The van der Waals surface area contributed by atoms with Gasteiger partial charge in [-0.25, -0.2) is 0 Å². The molecule has 0 heterocycles. The molecule has 3 N–H and O–H groups in total. The smallest absolute Gasteiger partial charge is 0.256 e. The summed E-state index contributed by atoms with van der Waals surface area (Å²) in [6.45, 7) is 0. The van der Waals surface area contributed by atoms with E-state index in [1.165, 1.54) is 6.07 Å². The average Bonchev–Trinajstić information content (AvgIpc) is 2.38. The quantitative estimate of drug-likeness (QED) is 0.830. The van der Waals surface area contributed by atoms with Gasteiger partial charge in [0, 0.05) is 20.2 Å². The minimum atomic E-state index is -0.536. The molecule has 0 aliphatic rings. The van der Waals surface area contributed by atoms with E-state index in [1.807, 2.05) is 0 Å². The van der Waals surface area contributed by atoms with Crippen molar-refractivity contribution in [3.8, 4) is 0 Å². The van der Waals surface area contributed by atoms with E-state index in [2.05, 4.69) is 37.2 Å². The molecule has 0 aliphatic carbocycles. The summed E-state index contributed by atoms with van der Waals surface area (Å²) in [5.41, 5.74) is 6.56. The van der Waals surface area contributed by atoms with Crippen molar-refractivity contribution in [1.82, 2.24) is 0 Å². The highest BCUT2D eigenvalue weighted by molar-refractivity contribution is 9.11. The van der Waals surface area contributed by atoms with Crippen LogP contribution in [-0.4, -0.2) is 11.8 Å². The van der Waals surface area contributed by atoms with Crippen molar-refractivity contribution < 1.29 is 9.59 Å². The number of nitrogens with two attached hydrogens (primary N) is 1. The molecule has 0 fully saturated rings. The highest BCUT2D eigenvalue weighted by Gasteiger charge is 2.11. The summed E-state index contributed by atoms with van der Waals surface area (Å²) in [6.07, 6.45) is 0. The standard InChI is InChI=1S/C14H10Br2N2O2/c15-9-4-5-11(12(16)7-9)14(20)18-10-3-1-2-8(6-10)13(17)19/h1-7H,(H2,17,19)(H,18,20). The molecule has 4 nitrogen and oxygen atoms in total. The van der Waals surface area contributed by atoms with E-state index in [0.29, 0.717) is 21.3 Å². The van der Waals surface area contributed by atoms with Gasteiger partial charge in [-0.2, -0.15) is 0 Å². The summed E-state index contributed by atoms with van der Waals surface area (Å²) in [6, 6.07) is 11.7. The molecule has 0 saturated carbocycles. The number of anilines is 1. The number of benzene rings is 2. The Morgan fingerprint density at radius 2 is 1.80 bits per heavy atom. The summed E-state index contributed by atoms with van der Waals surface area (Å²) in [5, 5.41) is 2.72. The molecule has 0 aromatic heterocycles. The van der Waals surface area contributed by atoms with E-state index < -0.39 is 5.91 Å². The Labute approximate surface area is 132 Å². The molecular weight excluding hydrogens is 388 g/mol. The van der Waals surface area contributed by atoms with E-state index in [9.17, 15) is 9.59 Å². The fourth-order valence-corrected chi connectivity index (χ4v) is 2.85. The molecule has 0 atom stereocenters. The fraction of sp³-hybridized carbons (Fsp3) is 0. The van der Waals surface area contributed by atoms with Gasteiger partial charge in [0.2, 0.25) is 5.91 Å². The minimum Gasteiger partial charge on any atom is -0.366 e. The topological polar surface area (TPSA) is 72.2 Å². The number of rotatable bonds is 3. The number of hydrogen-bond acceptors (Lipinski definition) is 2. The first-order chi connectivity index (χ1) is 9.47. The van der Waals surface area contributed by atoms with Crippen molar-refractivity contribution >= 4 is 49.4 Å². The van der Waals surface area contributed by atoms with Gasteiger partial charge in [-0.1, -0.05) is 22.0 Å². The largest absolute Gasteiger partial charge is 0.366 e. The van der Waals surface area contributed by atoms with Gasteiger partial charge < -0.3 is 11.1 Å². The van der Waals surface area contributed by atoms with Crippen LogP contribution in [0.4, 0.5) is 5.69 Å². The Balaban J connectivity index is 2.23. The van der Waals surface area contributed by atoms with E-state index in [0.717, 1.165) is 4.47 Å². The Morgan fingerprint density at radius 3 is 2.45 bits per heavy atom. The second kappa shape index (κ2) is 6.19. The van der Waals surface area contributed by atoms with Crippen LogP contribution in [0, 0.1) is 0 Å². The number of primary amides is 1. The third-order valence-electron chi connectivity index (χ3n) is 2.58. The first kappa shape index (κ1) is 14.7. The van der Waals surface area contributed by atoms with Crippen molar-refractivity contribution in [2.24, 2.45) is 5.73 Å². The van der Waals surface area contributed by atoms with Gasteiger partial charge in [0.25, 0.3) is 5.91 Å². The number of hydrogen-bond donors (Lipinski definition) is 2. The third-order valence-corrected chi connectivity index (χ3v) is 3.73. The normalized spacial score (nSPS) is 10.1. The van der Waals surface area contributed by atoms with Crippen LogP contribution >= 0.6 is 31.9 Å². The molecule has 0 bridgehead atoms. The Kier molecular flexibility index (Phi) is 4.57. The minimum absolute atomic E-state index is 0.272. The van der Waals surface area contributed by atoms with Gasteiger partial charge in [0.15, 0.2) is 0 Å². The molecule has 0 radical (unpaired) electrons. The van der Waals surface area contributed by atoms with Crippen molar-refractivity contribution in [1.29, 1.82) is 0 Å². The van der Waals surface area contributed by atoms with Gasteiger partial charge in [0.1, 0.15) is 0 Å². The van der Waals surface area contributed by atoms with Gasteiger partial charge in [0.05, 0.1) is 5.56 Å². The van der Waals surface area contributed by atoms with Crippen molar-refractivity contribution in [3.05, 3.63) is 62.5 Å². The van der Waals surface area contributed by atoms with E-state index >= 15 is 0 Å². The molecule has 0 saturated heterocycles. The molecule has 20 heavy (non-hydrogen) atoms. The van der Waals surface area contributed by atoms with Gasteiger partial charge in [-0.3, -0.25) is 9.59 Å². The van der Waals surface area contributed by atoms with Crippen molar-refractivity contribution in [2.75, 3.05) is 5.32 Å². The highest BCUT2D eigenvalue weighted by atomic mass is 79.9. The summed E-state index contributed by atoms with van der Waals surface area (Å²) < 4.78 is 1.55. The van der Waals surface area contributed by atoms with Crippen molar-refractivity contribution in [2.45, 2.75) is 0 Å². The molecular formula is C14H10Br2N2O2. The summed E-state index contributed by atoms with van der Waals surface area (Å²) in [4.78, 5) is 23.3. The lowest BCUT2D eigenvalue weighted by atomic mass is 10.1. The van der Waals surface area contributed by atoms with Crippen LogP contribution < -0.4 is 11.1 Å². The predicted octanol–water partition coefficient (Wildman–Crippen LogP) is 3.56. The Morgan fingerprint density at radius 1 is 1.05 bits per heavy atom. The van der Waals surface area contributed by atoms with Crippen LogP contribution in [0.1, 0.15) is 20.7 Å². The van der Waals surface area contributed by atoms with Gasteiger partial charge in [-0.15, -0.1) is 0 Å². The lowest BCUT2D eigenvalue weighted by Gasteiger charge is -2.08. The molecule has 2 amide bonds. The lowest BCUT2D eigenvalue weighted by molar-refractivity contribution is 0.0996. The Bertz CT molecular complexity index is 687. The van der Waals surface area contributed by atoms with Gasteiger partial charge in [-0.05, 0) is 52.3 Å². The first-order valence-electron chi connectivity index (χ1n) is 5.63. The van der Waals surface area contributed by atoms with E-state index in [-0.39, 0.29) is 5.91 Å². The monoisotopic (exact) mass is 396 g/mol. The zero-order valence-electron chi connectivity index (χ0n) is 10.2. The maximum absolute atomic E-state index is 12.2. The zero-order chi connectivity index (χ0) is 14.7. The second-order valence-electron chi connectivity index (χ2n) is 4.02. The average molecular weight is 398 g/mol. The Hall–Kier alpha value is -1.66. The predicted molar refractivity (Wildman–Crippen MR) is 84.8 cm³/mol. The molecule has 6 heteroatoms. The maximum Gasteiger partial charge on any atom is 0.256 e. The molecule has 2 rings (SSSR count). The van der Waals surface area contributed by atoms with Gasteiger partial charge >= 0.3 is 0 Å². The molecule has 102 valence electrons. The third kappa shape index (κ3) is 3.46. The van der Waals surface area contributed by atoms with E-state index in [4.69, 9.17) is 5.73 Å². The molecule has 2 aromatic carbocycles. The number of carbonyl (C=O) groups is 2. The van der Waals surface area contributed by atoms with E-state index in [1.54, 1.807) is 36.4 Å². The van der Waals surface area contributed by atoms with Crippen LogP contribution in [-0.2, 0) is 0 Å².